The maximum atomic E-state index is 5.57. The van der Waals surface area contributed by atoms with E-state index < -0.39 is 0 Å². The molecule has 3 heterocycles. The lowest BCUT2D eigenvalue weighted by Crippen LogP contribution is -2.17. The molecule has 8 nitrogen and oxygen atoms in total. The monoisotopic (exact) mass is 468 g/mol. The number of nitrogens with zero attached hydrogens (tertiary/aromatic N) is 5. The molecule has 35 heavy (non-hydrogen) atoms. The smallest absolute Gasteiger partial charge is 0.249 e. The van der Waals surface area contributed by atoms with Crippen LogP contribution in [0.1, 0.15) is 40.3 Å². The number of benzene rings is 2. The molecule has 0 spiro atoms. The van der Waals surface area contributed by atoms with Crippen LogP contribution in [0, 0.1) is 27.7 Å². The van der Waals surface area contributed by atoms with E-state index in [2.05, 4.69) is 40.6 Å². The van der Waals surface area contributed by atoms with Crippen molar-refractivity contribution in [1.29, 1.82) is 0 Å². The van der Waals surface area contributed by atoms with Crippen LogP contribution in [0.3, 0.4) is 0 Å². The molecule has 0 aliphatic carbocycles. The molecule has 0 aliphatic heterocycles. The van der Waals surface area contributed by atoms with Crippen molar-refractivity contribution in [2.75, 3.05) is 12.4 Å². The minimum atomic E-state index is -0.237. The van der Waals surface area contributed by atoms with E-state index in [9.17, 15) is 0 Å². The maximum absolute atomic E-state index is 5.57. The molecule has 1 N–H and O–H groups in total. The van der Waals surface area contributed by atoms with E-state index in [0.717, 1.165) is 50.9 Å². The topological polar surface area (TPSA) is 90.4 Å². The number of ether oxygens (including phenoxy) is 1. The Morgan fingerprint density at radius 1 is 1.00 bits per heavy atom. The van der Waals surface area contributed by atoms with Crippen molar-refractivity contribution in [2.24, 2.45) is 0 Å². The predicted octanol–water partition coefficient (Wildman–Crippen LogP) is 5.42. The lowest BCUT2D eigenvalue weighted by molar-refractivity contribution is 0.357. The zero-order chi connectivity index (χ0) is 24.5. The third kappa shape index (κ3) is 4.47. The first-order valence-electron chi connectivity index (χ1n) is 11.6. The fourth-order valence-corrected chi connectivity index (χ4v) is 4.39. The molecular weight excluding hydrogens is 440 g/mol. The lowest BCUT2D eigenvalue weighted by atomic mass is 10.0. The second kappa shape index (κ2) is 9.21. The summed E-state index contributed by atoms with van der Waals surface area (Å²) in [6, 6.07) is 18.1. The van der Waals surface area contributed by atoms with E-state index in [1.165, 1.54) is 0 Å². The first-order valence-corrected chi connectivity index (χ1v) is 11.6. The first kappa shape index (κ1) is 22.6. The third-order valence-corrected chi connectivity index (χ3v) is 6.04. The number of methoxy groups -OCH3 is 1. The van der Waals surface area contributed by atoms with Gasteiger partial charge in [0.2, 0.25) is 5.89 Å². The molecule has 5 aromatic rings. The summed E-state index contributed by atoms with van der Waals surface area (Å²) in [6.45, 7) is 7.89. The van der Waals surface area contributed by atoms with Crippen molar-refractivity contribution in [2.45, 2.75) is 40.2 Å². The second-order valence-corrected chi connectivity index (χ2v) is 8.73. The van der Waals surface area contributed by atoms with Crippen molar-refractivity contribution in [3.8, 4) is 16.9 Å². The molecule has 0 aliphatic rings. The van der Waals surface area contributed by atoms with Gasteiger partial charge in [-0.3, -0.25) is 0 Å². The highest BCUT2D eigenvalue weighted by molar-refractivity contribution is 5.83. The lowest BCUT2D eigenvalue weighted by Gasteiger charge is -2.18. The maximum Gasteiger partial charge on any atom is 0.249 e. The van der Waals surface area contributed by atoms with Crippen molar-refractivity contribution >= 4 is 11.5 Å². The molecule has 0 bridgehead atoms. The Balaban J connectivity index is 1.60. The van der Waals surface area contributed by atoms with E-state index in [-0.39, 0.29) is 6.04 Å². The molecule has 5 rings (SSSR count). The summed E-state index contributed by atoms with van der Waals surface area (Å²) in [7, 11) is 1.68. The number of rotatable bonds is 7. The summed E-state index contributed by atoms with van der Waals surface area (Å²) in [4.78, 5) is 9.37. The van der Waals surface area contributed by atoms with E-state index in [4.69, 9.17) is 19.3 Å². The largest absolute Gasteiger partial charge is 0.497 e. The Morgan fingerprint density at radius 2 is 1.80 bits per heavy atom. The molecule has 0 fully saturated rings. The Morgan fingerprint density at radius 3 is 2.49 bits per heavy atom. The normalized spacial score (nSPS) is 12.1. The first-order chi connectivity index (χ1) is 16.9. The SMILES string of the molecule is COc1ccc(-c2c(C)nn3c(NC(Cc4ccccc4)c4nc(C)no4)cc(C)nc23)c(C)c1. The molecule has 2 aromatic carbocycles. The number of hydrogen-bond donors (Lipinski definition) is 1. The van der Waals surface area contributed by atoms with Gasteiger partial charge in [0.15, 0.2) is 11.5 Å². The van der Waals surface area contributed by atoms with Crippen LogP contribution in [0.25, 0.3) is 16.8 Å². The number of aromatic nitrogens is 5. The molecule has 0 amide bonds. The molecule has 0 radical (unpaired) electrons. The Hall–Kier alpha value is -4.20. The van der Waals surface area contributed by atoms with E-state index in [1.807, 2.05) is 61.7 Å². The van der Waals surface area contributed by atoms with Crippen molar-refractivity contribution in [3.05, 3.63) is 88.8 Å². The third-order valence-electron chi connectivity index (χ3n) is 6.04. The Labute approximate surface area is 204 Å². The highest BCUT2D eigenvalue weighted by Gasteiger charge is 2.23. The molecule has 0 saturated carbocycles. The Bertz CT molecular complexity index is 1490. The van der Waals surface area contributed by atoms with Gasteiger partial charge in [0.05, 0.1) is 12.8 Å². The minimum absolute atomic E-state index is 0.237. The van der Waals surface area contributed by atoms with Crippen molar-refractivity contribution in [1.82, 2.24) is 24.7 Å². The highest BCUT2D eigenvalue weighted by atomic mass is 16.5. The van der Waals surface area contributed by atoms with Crippen LogP contribution in [-0.2, 0) is 6.42 Å². The number of aryl methyl sites for hydroxylation is 4. The average molecular weight is 469 g/mol. The van der Waals surface area contributed by atoms with Crippen LogP contribution in [0.2, 0.25) is 0 Å². The van der Waals surface area contributed by atoms with Crippen molar-refractivity contribution < 1.29 is 9.26 Å². The van der Waals surface area contributed by atoms with Gasteiger partial charge in [-0.2, -0.15) is 14.6 Å². The zero-order valence-electron chi connectivity index (χ0n) is 20.5. The van der Waals surface area contributed by atoms with Gasteiger partial charge >= 0.3 is 0 Å². The van der Waals surface area contributed by atoms with Crippen LogP contribution in [0.15, 0.2) is 59.1 Å². The quantitative estimate of drug-likeness (QED) is 0.341. The molecule has 1 unspecified atom stereocenters. The molecule has 0 saturated heterocycles. The van der Waals surface area contributed by atoms with Gasteiger partial charge < -0.3 is 14.6 Å². The molecule has 178 valence electrons. The summed E-state index contributed by atoms with van der Waals surface area (Å²) in [5.41, 5.74) is 6.91. The standard InChI is InChI=1S/C27H28N6O2/c1-16-13-21(34-5)11-12-22(16)25-18(3)31-33-24(14-17(2)28-26(25)33)30-23(27-29-19(4)32-35-27)15-20-9-7-6-8-10-20/h6-14,23,30H,15H2,1-5H3. The van der Waals surface area contributed by atoms with E-state index in [0.29, 0.717) is 18.1 Å². The number of hydrogen-bond acceptors (Lipinski definition) is 7. The number of fused-ring (bicyclic) bond motifs is 1. The van der Waals surface area contributed by atoms with E-state index in [1.54, 1.807) is 7.11 Å². The van der Waals surface area contributed by atoms with Gasteiger partial charge in [0, 0.05) is 23.7 Å². The fourth-order valence-electron chi connectivity index (χ4n) is 4.39. The van der Waals surface area contributed by atoms with Gasteiger partial charge in [0.25, 0.3) is 0 Å². The predicted molar refractivity (Wildman–Crippen MR) is 135 cm³/mol. The molecule has 1 atom stereocenters. The summed E-state index contributed by atoms with van der Waals surface area (Å²) < 4.78 is 12.8. The van der Waals surface area contributed by atoms with Crippen LogP contribution in [0.4, 0.5) is 5.82 Å². The summed E-state index contributed by atoms with van der Waals surface area (Å²) in [5.74, 6) is 2.77. The van der Waals surface area contributed by atoms with Crippen LogP contribution >= 0.6 is 0 Å². The van der Waals surface area contributed by atoms with Crippen LogP contribution in [-0.4, -0.2) is 31.8 Å². The van der Waals surface area contributed by atoms with Gasteiger partial charge in [0.1, 0.15) is 17.6 Å². The van der Waals surface area contributed by atoms with Gasteiger partial charge in [-0.05, 0) is 56.5 Å². The molecule has 8 heteroatoms. The second-order valence-electron chi connectivity index (χ2n) is 8.73. The molecule has 3 aromatic heterocycles. The summed E-state index contributed by atoms with van der Waals surface area (Å²) in [5, 5.41) is 12.5. The zero-order valence-corrected chi connectivity index (χ0v) is 20.5. The summed E-state index contributed by atoms with van der Waals surface area (Å²) in [6.07, 6.45) is 0.677. The Kier molecular flexibility index (Phi) is 5.94. The van der Waals surface area contributed by atoms with Crippen molar-refractivity contribution in [3.63, 3.8) is 0 Å². The number of anilines is 1. The average Bonchev–Trinajstić information content (AvgIpc) is 3.42. The minimum Gasteiger partial charge on any atom is -0.497 e. The molecular formula is C27H28N6O2. The van der Waals surface area contributed by atoms with E-state index >= 15 is 0 Å². The van der Waals surface area contributed by atoms with Crippen LogP contribution in [0.5, 0.6) is 5.75 Å². The summed E-state index contributed by atoms with van der Waals surface area (Å²) >= 11 is 0. The van der Waals surface area contributed by atoms with Gasteiger partial charge in [-0.1, -0.05) is 41.6 Å². The fraction of sp³-hybridized carbons (Fsp3) is 0.259. The number of nitrogens with one attached hydrogen (secondary N) is 1. The van der Waals surface area contributed by atoms with Crippen LogP contribution < -0.4 is 10.1 Å². The highest BCUT2D eigenvalue weighted by Crippen LogP contribution is 2.34. The van der Waals surface area contributed by atoms with Gasteiger partial charge in [-0.15, -0.1) is 0 Å². The van der Waals surface area contributed by atoms with Gasteiger partial charge in [-0.25, -0.2) is 4.98 Å².